The van der Waals surface area contributed by atoms with Crippen molar-refractivity contribution >= 4 is 11.8 Å². The maximum absolute atomic E-state index is 5.29. The minimum Gasteiger partial charge on any atom is -0.493 e. The molecule has 94 valence electrons. The number of methoxy groups -OCH3 is 2. The standard InChI is InChI=1S/C15H16O2S/c1-16-14-9-8-12(10-15(14)17-2)11-18-13-6-4-3-5-7-13/h3-10H,11H2,1-2H3. The normalized spacial score (nSPS) is 10.1. The van der Waals surface area contributed by atoms with Crippen molar-refractivity contribution in [2.45, 2.75) is 10.6 Å². The lowest BCUT2D eigenvalue weighted by atomic mass is 10.2. The first-order chi connectivity index (χ1) is 8.83. The smallest absolute Gasteiger partial charge is 0.161 e. The molecule has 18 heavy (non-hydrogen) atoms. The molecule has 2 aromatic carbocycles. The quantitative estimate of drug-likeness (QED) is 0.757. The van der Waals surface area contributed by atoms with Crippen LogP contribution in [0.1, 0.15) is 5.56 Å². The average molecular weight is 260 g/mol. The van der Waals surface area contributed by atoms with E-state index in [9.17, 15) is 0 Å². The summed E-state index contributed by atoms with van der Waals surface area (Å²) in [4.78, 5) is 1.27. The van der Waals surface area contributed by atoms with Crippen molar-refractivity contribution in [3.63, 3.8) is 0 Å². The molecule has 3 heteroatoms. The lowest BCUT2D eigenvalue weighted by Gasteiger charge is -2.09. The molecular formula is C15H16O2S. The van der Waals surface area contributed by atoms with Gasteiger partial charge in [0.05, 0.1) is 14.2 Å². The molecule has 0 amide bonds. The van der Waals surface area contributed by atoms with E-state index in [0.29, 0.717) is 0 Å². The van der Waals surface area contributed by atoms with Crippen LogP contribution in [0, 0.1) is 0 Å². The van der Waals surface area contributed by atoms with Crippen molar-refractivity contribution in [3.8, 4) is 11.5 Å². The summed E-state index contributed by atoms with van der Waals surface area (Å²) in [5.74, 6) is 2.47. The fourth-order valence-electron chi connectivity index (χ4n) is 1.65. The van der Waals surface area contributed by atoms with E-state index in [2.05, 4.69) is 30.3 Å². The number of hydrogen-bond donors (Lipinski definition) is 0. The first-order valence-electron chi connectivity index (χ1n) is 5.72. The van der Waals surface area contributed by atoms with Crippen molar-refractivity contribution in [2.75, 3.05) is 14.2 Å². The van der Waals surface area contributed by atoms with Gasteiger partial charge in [-0.15, -0.1) is 11.8 Å². The predicted octanol–water partition coefficient (Wildman–Crippen LogP) is 4.00. The summed E-state index contributed by atoms with van der Waals surface area (Å²) in [6.45, 7) is 0. The van der Waals surface area contributed by atoms with Crippen LogP contribution in [0.4, 0.5) is 0 Å². The first kappa shape index (κ1) is 12.8. The van der Waals surface area contributed by atoms with E-state index in [1.807, 2.05) is 30.0 Å². The molecule has 0 atom stereocenters. The Morgan fingerprint density at radius 2 is 1.61 bits per heavy atom. The molecule has 0 fully saturated rings. The molecular weight excluding hydrogens is 244 g/mol. The summed E-state index contributed by atoms with van der Waals surface area (Å²) in [6, 6.07) is 16.4. The maximum Gasteiger partial charge on any atom is 0.161 e. The molecule has 0 N–H and O–H groups in total. The number of hydrogen-bond acceptors (Lipinski definition) is 3. The highest BCUT2D eigenvalue weighted by atomic mass is 32.2. The van der Waals surface area contributed by atoms with Crippen LogP contribution >= 0.6 is 11.8 Å². The first-order valence-corrected chi connectivity index (χ1v) is 6.71. The number of thioether (sulfide) groups is 1. The van der Waals surface area contributed by atoms with E-state index in [-0.39, 0.29) is 0 Å². The van der Waals surface area contributed by atoms with Crippen molar-refractivity contribution in [1.29, 1.82) is 0 Å². The lowest BCUT2D eigenvalue weighted by Crippen LogP contribution is -1.91. The minimum absolute atomic E-state index is 0.769. The zero-order valence-electron chi connectivity index (χ0n) is 10.6. The fourth-order valence-corrected chi connectivity index (χ4v) is 2.52. The van der Waals surface area contributed by atoms with E-state index in [0.717, 1.165) is 17.3 Å². The summed E-state index contributed by atoms with van der Waals surface area (Å²) < 4.78 is 10.5. The second-order valence-electron chi connectivity index (χ2n) is 3.79. The molecule has 0 unspecified atom stereocenters. The Labute approximate surface area is 112 Å². The fraction of sp³-hybridized carbons (Fsp3) is 0.200. The van der Waals surface area contributed by atoms with Gasteiger partial charge in [0.2, 0.25) is 0 Å². The SMILES string of the molecule is COc1ccc(CSc2ccccc2)cc1OC. The molecule has 2 rings (SSSR count). The molecule has 0 saturated carbocycles. The van der Waals surface area contributed by atoms with Gasteiger partial charge < -0.3 is 9.47 Å². The number of rotatable bonds is 5. The van der Waals surface area contributed by atoms with Gasteiger partial charge >= 0.3 is 0 Å². The van der Waals surface area contributed by atoms with E-state index in [1.165, 1.54) is 10.5 Å². The van der Waals surface area contributed by atoms with Crippen LogP contribution in [0.2, 0.25) is 0 Å². The Morgan fingerprint density at radius 1 is 0.889 bits per heavy atom. The van der Waals surface area contributed by atoms with Crippen LogP contribution in [0.3, 0.4) is 0 Å². The molecule has 0 bridgehead atoms. The second kappa shape index (κ2) is 6.36. The Balaban J connectivity index is 2.06. The minimum atomic E-state index is 0.769. The van der Waals surface area contributed by atoms with E-state index in [4.69, 9.17) is 9.47 Å². The topological polar surface area (TPSA) is 18.5 Å². The lowest BCUT2D eigenvalue weighted by molar-refractivity contribution is 0.354. The summed E-state index contributed by atoms with van der Waals surface area (Å²) in [5, 5.41) is 0. The highest BCUT2D eigenvalue weighted by molar-refractivity contribution is 7.98. The average Bonchev–Trinajstić information content (AvgIpc) is 2.45. The zero-order valence-corrected chi connectivity index (χ0v) is 11.4. The summed E-state index contributed by atoms with van der Waals surface area (Å²) in [5.41, 5.74) is 1.22. The van der Waals surface area contributed by atoms with Crippen molar-refractivity contribution in [3.05, 3.63) is 54.1 Å². The van der Waals surface area contributed by atoms with Crippen molar-refractivity contribution in [2.24, 2.45) is 0 Å². The van der Waals surface area contributed by atoms with Crippen LogP contribution < -0.4 is 9.47 Å². The highest BCUT2D eigenvalue weighted by Gasteiger charge is 2.04. The molecule has 0 aliphatic heterocycles. The largest absolute Gasteiger partial charge is 0.493 e. The van der Waals surface area contributed by atoms with E-state index in [1.54, 1.807) is 14.2 Å². The van der Waals surface area contributed by atoms with E-state index >= 15 is 0 Å². The summed E-state index contributed by atoms with van der Waals surface area (Å²) >= 11 is 1.81. The van der Waals surface area contributed by atoms with Gasteiger partial charge in [-0.05, 0) is 29.8 Å². The third kappa shape index (κ3) is 3.20. The van der Waals surface area contributed by atoms with Crippen molar-refractivity contribution in [1.82, 2.24) is 0 Å². The van der Waals surface area contributed by atoms with Gasteiger partial charge in [-0.3, -0.25) is 0 Å². The molecule has 0 aromatic heterocycles. The van der Waals surface area contributed by atoms with Gasteiger partial charge in [-0.2, -0.15) is 0 Å². The third-order valence-corrected chi connectivity index (χ3v) is 3.68. The molecule has 0 heterocycles. The van der Waals surface area contributed by atoms with Gasteiger partial charge in [0.15, 0.2) is 11.5 Å². The Kier molecular flexibility index (Phi) is 4.53. The van der Waals surface area contributed by atoms with E-state index < -0.39 is 0 Å². The van der Waals surface area contributed by atoms with Crippen LogP contribution in [0.25, 0.3) is 0 Å². The van der Waals surface area contributed by atoms with Gasteiger partial charge in [-0.1, -0.05) is 24.3 Å². The highest BCUT2D eigenvalue weighted by Crippen LogP contribution is 2.30. The van der Waals surface area contributed by atoms with Gasteiger partial charge in [0, 0.05) is 10.6 Å². The van der Waals surface area contributed by atoms with Crippen LogP contribution in [-0.4, -0.2) is 14.2 Å². The molecule has 0 aliphatic carbocycles. The van der Waals surface area contributed by atoms with Gasteiger partial charge in [0.25, 0.3) is 0 Å². The van der Waals surface area contributed by atoms with Gasteiger partial charge in [0.1, 0.15) is 0 Å². The predicted molar refractivity (Wildman–Crippen MR) is 75.5 cm³/mol. The van der Waals surface area contributed by atoms with Gasteiger partial charge in [-0.25, -0.2) is 0 Å². The maximum atomic E-state index is 5.29. The second-order valence-corrected chi connectivity index (χ2v) is 4.84. The molecule has 0 spiro atoms. The molecule has 0 radical (unpaired) electrons. The monoisotopic (exact) mass is 260 g/mol. The van der Waals surface area contributed by atoms with Crippen LogP contribution in [0.5, 0.6) is 11.5 Å². The molecule has 2 nitrogen and oxygen atoms in total. The van der Waals surface area contributed by atoms with Crippen LogP contribution in [-0.2, 0) is 5.75 Å². The summed E-state index contributed by atoms with van der Waals surface area (Å²) in [7, 11) is 3.31. The zero-order chi connectivity index (χ0) is 12.8. The Hall–Kier alpha value is -1.61. The Bertz CT molecular complexity index is 497. The van der Waals surface area contributed by atoms with Crippen LogP contribution in [0.15, 0.2) is 53.4 Å². The molecule has 0 saturated heterocycles. The number of ether oxygens (including phenoxy) is 2. The Morgan fingerprint density at radius 3 is 2.28 bits per heavy atom. The summed E-state index contributed by atoms with van der Waals surface area (Å²) in [6.07, 6.45) is 0. The molecule has 0 aliphatic rings. The molecule has 2 aromatic rings. The third-order valence-electron chi connectivity index (χ3n) is 2.60. The van der Waals surface area contributed by atoms with Crippen molar-refractivity contribution < 1.29 is 9.47 Å². The number of benzene rings is 2.